The molecular weight excluding hydrogens is 460 g/mol. The van der Waals surface area contributed by atoms with Crippen LogP contribution in [0.4, 0.5) is 5.69 Å². The Bertz CT molecular complexity index is 1160. The van der Waals surface area contributed by atoms with Gasteiger partial charge in [0, 0.05) is 50.0 Å². The van der Waals surface area contributed by atoms with Gasteiger partial charge < -0.3 is 20.1 Å². The summed E-state index contributed by atoms with van der Waals surface area (Å²) >= 11 is 0. The minimum atomic E-state index is -0.987. The fourth-order valence-electron chi connectivity index (χ4n) is 3.75. The molecule has 0 aromatic heterocycles. The zero-order valence-corrected chi connectivity index (χ0v) is 20.1. The molecule has 1 aliphatic heterocycles. The second kappa shape index (κ2) is 13.8. The Kier molecular flexibility index (Phi) is 10.2. The molecule has 8 heteroatoms. The van der Waals surface area contributed by atoms with E-state index < -0.39 is 5.97 Å². The molecule has 0 aliphatic carbocycles. The number of carboxylic acids is 1. The molecule has 0 saturated heterocycles. The zero-order valence-electron chi connectivity index (χ0n) is 20.1. The number of Topliss-reactive ketones (excluding diaryl/α,β-unsaturated/α-hetero) is 1. The highest BCUT2D eigenvalue weighted by Gasteiger charge is 2.21. The molecule has 0 saturated carbocycles. The van der Waals surface area contributed by atoms with E-state index in [0.29, 0.717) is 19.6 Å². The van der Waals surface area contributed by atoms with Crippen molar-refractivity contribution in [2.75, 3.05) is 24.7 Å². The number of nitrogens with zero attached hydrogens (tertiary/aromatic N) is 1. The van der Waals surface area contributed by atoms with Gasteiger partial charge in [0.05, 0.1) is 25.3 Å². The number of amides is 2. The highest BCUT2D eigenvalue weighted by atomic mass is 16.5. The monoisotopic (exact) mass is 490 g/mol. The fraction of sp³-hybridized carbons (Fsp3) is 0.357. The van der Waals surface area contributed by atoms with E-state index in [-0.39, 0.29) is 62.9 Å². The molecule has 0 fully saturated rings. The Hall–Kier alpha value is -3.96. The van der Waals surface area contributed by atoms with Gasteiger partial charge in [-0.05, 0) is 30.2 Å². The summed E-state index contributed by atoms with van der Waals surface area (Å²) in [5, 5.41) is 11.3. The number of benzene rings is 2. The minimum Gasteiger partial charge on any atom is -0.481 e. The molecule has 0 bridgehead atoms. The van der Waals surface area contributed by atoms with Crippen LogP contribution in [-0.2, 0) is 30.5 Å². The molecule has 188 valence electrons. The molecule has 8 nitrogen and oxygen atoms in total. The first-order valence-electron chi connectivity index (χ1n) is 12.0. The molecule has 3 rings (SSSR count). The number of carboxylic acid groups (broad SMARTS) is 1. The molecule has 36 heavy (non-hydrogen) atoms. The largest absolute Gasteiger partial charge is 0.481 e. The van der Waals surface area contributed by atoms with Crippen LogP contribution >= 0.6 is 0 Å². The maximum Gasteiger partial charge on any atom is 0.303 e. The average molecular weight is 491 g/mol. The van der Waals surface area contributed by atoms with Crippen molar-refractivity contribution >= 4 is 29.3 Å². The smallest absolute Gasteiger partial charge is 0.303 e. The molecule has 0 spiro atoms. The van der Waals surface area contributed by atoms with Crippen LogP contribution in [0.3, 0.4) is 0 Å². The second-order valence-electron chi connectivity index (χ2n) is 8.40. The molecule has 2 N–H and O–H groups in total. The molecule has 2 aromatic rings. The van der Waals surface area contributed by atoms with E-state index in [4.69, 9.17) is 9.84 Å². The Labute approximate surface area is 210 Å². The molecule has 0 atom stereocenters. The first kappa shape index (κ1) is 26.6. The fourth-order valence-corrected chi connectivity index (χ4v) is 3.75. The lowest BCUT2D eigenvalue weighted by atomic mass is 10.0. The van der Waals surface area contributed by atoms with Crippen molar-refractivity contribution in [1.82, 2.24) is 5.32 Å². The van der Waals surface area contributed by atoms with E-state index in [1.807, 2.05) is 48.5 Å². The van der Waals surface area contributed by atoms with Gasteiger partial charge in [-0.1, -0.05) is 42.2 Å². The summed E-state index contributed by atoms with van der Waals surface area (Å²) in [5.74, 6) is 4.94. The lowest BCUT2D eigenvalue weighted by molar-refractivity contribution is -0.138. The van der Waals surface area contributed by atoms with E-state index in [0.717, 1.165) is 22.4 Å². The van der Waals surface area contributed by atoms with E-state index in [2.05, 4.69) is 17.2 Å². The number of ketones is 1. The van der Waals surface area contributed by atoms with Crippen molar-refractivity contribution in [3.8, 4) is 11.8 Å². The highest BCUT2D eigenvalue weighted by molar-refractivity contribution is 5.95. The van der Waals surface area contributed by atoms with Crippen molar-refractivity contribution in [2.24, 2.45) is 0 Å². The minimum absolute atomic E-state index is 0.0272. The van der Waals surface area contributed by atoms with Crippen LogP contribution in [-0.4, -0.2) is 48.4 Å². The van der Waals surface area contributed by atoms with Crippen LogP contribution in [0.15, 0.2) is 48.5 Å². The number of anilines is 1. The van der Waals surface area contributed by atoms with Gasteiger partial charge in [0.2, 0.25) is 11.8 Å². The lowest BCUT2D eigenvalue weighted by Gasteiger charge is -2.26. The van der Waals surface area contributed by atoms with Gasteiger partial charge in [0.15, 0.2) is 0 Å². The lowest BCUT2D eigenvalue weighted by Crippen LogP contribution is -2.35. The molecule has 2 aromatic carbocycles. The number of aliphatic carboxylic acids is 1. The Morgan fingerprint density at radius 3 is 2.39 bits per heavy atom. The number of rotatable bonds is 13. The number of para-hydroxylation sites is 1. The third kappa shape index (κ3) is 8.36. The van der Waals surface area contributed by atoms with Crippen LogP contribution in [0, 0.1) is 11.8 Å². The molecule has 1 heterocycles. The van der Waals surface area contributed by atoms with E-state index in [1.165, 1.54) is 0 Å². The second-order valence-corrected chi connectivity index (χ2v) is 8.40. The maximum atomic E-state index is 13.1. The zero-order chi connectivity index (χ0) is 25.8. The van der Waals surface area contributed by atoms with Crippen molar-refractivity contribution in [3.05, 3.63) is 65.2 Å². The normalized spacial score (nSPS) is 11.7. The van der Waals surface area contributed by atoms with Crippen LogP contribution in [0.1, 0.15) is 55.2 Å². The Morgan fingerprint density at radius 2 is 1.58 bits per heavy atom. The Balaban J connectivity index is 1.40. The average Bonchev–Trinajstić information content (AvgIpc) is 2.86. The van der Waals surface area contributed by atoms with Gasteiger partial charge in [0.25, 0.3) is 0 Å². The number of hydrogen-bond donors (Lipinski definition) is 2. The predicted molar refractivity (Wildman–Crippen MR) is 134 cm³/mol. The summed E-state index contributed by atoms with van der Waals surface area (Å²) in [4.78, 5) is 48.9. The third-order valence-electron chi connectivity index (χ3n) is 5.67. The van der Waals surface area contributed by atoms with E-state index in [9.17, 15) is 19.2 Å². The van der Waals surface area contributed by atoms with E-state index >= 15 is 0 Å². The third-order valence-corrected chi connectivity index (χ3v) is 5.67. The molecule has 0 unspecified atom stereocenters. The highest BCUT2D eigenvalue weighted by Crippen LogP contribution is 2.25. The van der Waals surface area contributed by atoms with Crippen molar-refractivity contribution in [3.63, 3.8) is 0 Å². The molecule has 1 aliphatic rings. The standard InChI is InChI=1S/C28H30N2O6/c31-24(13-14-28(34)35)9-5-18-36-19-16-26(32)29-17-15-27(33)30-20-23-8-2-1-6-21(23)11-12-22-7-3-4-10-25(22)30/h1-4,6-8,10H,5,9,13-20H2,(H,29,32)(H,34,35). The Morgan fingerprint density at radius 1 is 0.861 bits per heavy atom. The van der Waals surface area contributed by atoms with Crippen LogP contribution < -0.4 is 10.2 Å². The van der Waals surface area contributed by atoms with Gasteiger partial charge in [-0.3, -0.25) is 19.2 Å². The van der Waals surface area contributed by atoms with E-state index in [1.54, 1.807) is 4.90 Å². The topological polar surface area (TPSA) is 113 Å². The van der Waals surface area contributed by atoms with Crippen LogP contribution in [0.2, 0.25) is 0 Å². The summed E-state index contributed by atoms with van der Waals surface area (Å²) < 4.78 is 5.38. The SMILES string of the molecule is O=C(O)CCC(=O)CCCOCCC(=O)NCCC(=O)N1Cc2ccccc2C#Cc2ccccc21. The van der Waals surface area contributed by atoms with Crippen molar-refractivity contribution in [2.45, 2.75) is 45.1 Å². The van der Waals surface area contributed by atoms with Crippen LogP contribution in [0.25, 0.3) is 0 Å². The summed E-state index contributed by atoms with van der Waals surface area (Å²) in [6, 6.07) is 15.3. The number of hydrogen-bond acceptors (Lipinski definition) is 5. The van der Waals surface area contributed by atoms with Gasteiger partial charge >= 0.3 is 5.97 Å². The number of carbonyl (C=O) groups excluding carboxylic acids is 3. The summed E-state index contributed by atoms with van der Waals surface area (Å²) in [7, 11) is 0. The van der Waals surface area contributed by atoms with Gasteiger partial charge in [-0.25, -0.2) is 0 Å². The first-order valence-corrected chi connectivity index (χ1v) is 12.0. The van der Waals surface area contributed by atoms with Gasteiger partial charge in [0.1, 0.15) is 5.78 Å². The van der Waals surface area contributed by atoms with Crippen LogP contribution in [0.5, 0.6) is 0 Å². The maximum absolute atomic E-state index is 13.1. The summed E-state index contributed by atoms with van der Waals surface area (Å²) in [6.45, 7) is 1.14. The van der Waals surface area contributed by atoms with Gasteiger partial charge in [-0.15, -0.1) is 0 Å². The van der Waals surface area contributed by atoms with Gasteiger partial charge in [-0.2, -0.15) is 0 Å². The number of nitrogens with one attached hydrogen (secondary N) is 1. The molecule has 0 radical (unpaired) electrons. The molecule has 2 amide bonds. The number of ether oxygens (including phenoxy) is 1. The van der Waals surface area contributed by atoms with Crippen molar-refractivity contribution in [1.29, 1.82) is 0 Å². The summed E-state index contributed by atoms with van der Waals surface area (Å²) in [6.07, 6.45) is 0.912. The van der Waals surface area contributed by atoms with Crippen molar-refractivity contribution < 1.29 is 29.0 Å². The predicted octanol–water partition coefficient (Wildman–Crippen LogP) is 3.06. The summed E-state index contributed by atoms with van der Waals surface area (Å²) in [5.41, 5.74) is 3.40. The first-order chi connectivity index (χ1) is 17.4. The molecular formula is C28H30N2O6. The quantitative estimate of drug-likeness (QED) is 0.330. The number of carbonyl (C=O) groups is 4. The number of fused-ring (bicyclic) bond motifs is 2.